The van der Waals surface area contributed by atoms with Crippen LogP contribution in [-0.4, -0.2) is 69.0 Å². The van der Waals surface area contributed by atoms with Crippen LogP contribution in [-0.2, 0) is 9.53 Å². The third-order valence-corrected chi connectivity index (χ3v) is 6.24. The summed E-state index contributed by atoms with van der Waals surface area (Å²) in [5.41, 5.74) is 0.851. The highest BCUT2D eigenvalue weighted by atomic mass is 16.5. The van der Waals surface area contributed by atoms with Gasteiger partial charge in [0.2, 0.25) is 5.91 Å². The molecular weight excluding hydrogens is 404 g/mol. The summed E-state index contributed by atoms with van der Waals surface area (Å²) in [5, 5.41) is 3.18. The van der Waals surface area contributed by atoms with Crippen LogP contribution in [0.4, 0.5) is 11.6 Å². The normalized spacial score (nSPS) is 20.3. The van der Waals surface area contributed by atoms with Crippen molar-refractivity contribution in [3.05, 3.63) is 42.5 Å². The summed E-state index contributed by atoms with van der Waals surface area (Å²) < 4.78 is 6.02. The molecule has 1 unspecified atom stereocenters. The Morgan fingerprint density at radius 3 is 2.81 bits per heavy atom. The number of anilines is 2. The number of rotatable bonds is 7. The molecule has 1 saturated carbocycles. The molecule has 0 radical (unpaired) electrons. The minimum absolute atomic E-state index is 0.165. The lowest BCUT2D eigenvalue weighted by atomic mass is 9.93. The fourth-order valence-electron chi connectivity index (χ4n) is 4.77. The van der Waals surface area contributed by atoms with Crippen LogP contribution in [0.15, 0.2) is 36.8 Å². The number of hydrogen-bond acceptors (Lipinski definition) is 7. The molecule has 1 N–H and O–H groups in total. The second-order valence-corrected chi connectivity index (χ2v) is 8.94. The number of nitrogens with zero attached hydrogens (tertiary/aromatic N) is 5. The molecule has 2 aromatic rings. The van der Waals surface area contributed by atoms with Crippen LogP contribution in [0.5, 0.6) is 0 Å². The molecule has 2 aliphatic rings. The molecule has 8 heteroatoms. The molecule has 1 amide bonds. The molecule has 4 rings (SSSR count). The average molecular weight is 439 g/mol. The van der Waals surface area contributed by atoms with E-state index in [1.165, 1.54) is 19.3 Å². The summed E-state index contributed by atoms with van der Waals surface area (Å²) in [6, 6.07) is 6.44. The molecule has 0 bridgehead atoms. The fraction of sp³-hybridized carbons (Fsp3) is 0.583. The number of carbonyl (C=O) groups excluding carboxylic acids is 1. The minimum atomic E-state index is -0.165. The fourth-order valence-corrected chi connectivity index (χ4v) is 4.77. The zero-order chi connectivity index (χ0) is 22.3. The molecule has 1 aliphatic heterocycles. The van der Waals surface area contributed by atoms with Crippen LogP contribution < -0.4 is 5.32 Å². The van der Waals surface area contributed by atoms with E-state index in [1.54, 1.807) is 18.6 Å². The van der Waals surface area contributed by atoms with E-state index in [0.717, 1.165) is 25.1 Å². The predicted octanol–water partition coefficient (Wildman–Crippen LogP) is 3.56. The Morgan fingerprint density at radius 2 is 2.06 bits per heavy atom. The van der Waals surface area contributed by atoms with Crippen molar-refractivity contribution < 1.29 is 9.53 Å². The lowest BCUT2D eigenvalue weighted by Crippen LogP contribution is -2.51. The number of carbonyl (C=O) groups is 1. The van der Waals surface area contributed by atoms with Gasteiger partial charge in [-0.05, 0) is 38.8 Å². The van der Waals surface area contributed by atoms with E-state index in [9.17, 15) is 4.79 Å². The van der Waals surface area contributed by atoms with Crippen LogP contribution in [0, 0.1) is 0 Å². The van der Waals surface area contributed by atoms with Crippen LogP contribution >= 0.6 is 0 Å². The van der Waals surface area contributed by atoms with Gasteiger partial charge in [0.15, 0.2) is 0 Å². The monoisotopic (exact) mass is 438 g/mol. The molecule has 8 nitrogen and oxygen atoms in total. The van der Waals surface area contributed by atoms with E-state index in [0.29, 0.717) is 37.4 Å². The van der Waals surface area contributed by atoms with Gasteiger partial charge in [-0.2, -0.15) is 0 Å². The van der Waals surface area contributed by atoms with Crippen LogP contribution in [0.3, 0.4) is 0 Å². The van der Waals surface area contributed by atoms with Crippen molar-refractivity contribution in [2.45, 2.75) is 64.1 Å². The van der Waals surface area contributed by atoms with Gasteiger partial charge in [0.1, 0.15) is 17.7 Å². The number of morpholine rings is 1. The highest BCUT2D eigenvalue weighted by Gasteiger charge is 2.31. The molecule has 172 valence electrons. The van der Waals surface area contributed by atoms with Gasteiger partial charge >= 0.3 is 0 Å². The molecule has 1 aliphatic carbocycles. The summed E-state index contributed by atoms with van der Waals surface area (Å²) in [4.78, 5) is 30.6. The van der Waals surface area contributed by atoms with Gasteiger partial charge in [0, 0.05) is 37.6 Å². The molecule has 2 fully saturated rings. The van der Waals surface area contributed by atoms with Gasteiger partial charge < -0.3 is 15.0 Å². The Bertz CT molecular complexity index is 872. The number of pyridine rings is 1. The molecule has 2 aromatic heterocycles. The van der Waals surface area contributed by atoms with Crippen LogP contribution in [0.2, 0.25) is 0 Å². The van der Waals surface area contributed by atoms with E-state index >= 15 is 0 Å². The number of nitrogens with one attached hydrogen (secondary N) is 1. The Morgan fingerprint density at radius 1 is 1.22 bits per heavy atom. The van der Waals surface area contributed by atoms with Gasteiger partial charge in [-0.15, -0.1) is 0 Å². The van der Waals surface area contributed by atoms with E-state index in [-0.39, 0.29) is 18.1 Å². The Kier molecular flexibility index (Phi) is 7.65. The molecule has 32 heavy (non-hydrogen) atoms. The first-order valence-corrected chi connectivity index (χ1v) is 11.8. The highest BCUT2D eigenvalue weighted by molar-refractivity contribution is 5.79. The number of hydrogen-bond donors (Lipinski definition) is 1. The molecular formula is C24H34N6O2. The SMILES string of the molecule is CC(C)N(C(=O)CN1CCOC(c2cccc(Nc3cnccn3)n2)C1)C1CCCCC1. The predicted molar refractivity (Wildman–Crippen MR) is 124 cm³/mol. The summed E-state index contributed by atoms with van der Waals surface area (Å²) in [6.45, 7) is 6.71. The van der Waals surface area contributed by atoms with Gasteiger partial charge in [0.25, 0.3) is 0 Å². The second-order valence-electron chi connectivity index (χ2n) is 8.94. The maximum absolute atomic E-state index is 13.3. The first kappa shape index (κ1) is 22.6. The van der Waals surface area contributed by atoms with E-state index in [4.69, 9.17) is 9.72 Å². The van der Waals surface area contributed by atoms with Crippen LogP contribution in [0.25, 0.3) is 0 Å². The third kappa shape index (κ3) is 5.81. The lowest BCUT2D eigenvalue weighted by molar-refractivity contribution is -0.139. The summed E-state index contributed by atoms with van der Waals surface area (Å²) in [6.07, 6.45) is 10.8. The van der Waals surface area contributed by atoms with Crippen molar-refractivity contribution in [1.29, 1.82) is 0 Å². The summed E-state index contributed by atoms with van der Waals surface area (Å²) in [7, 11) is 0. The molecule has 1 atom stereocenters. The van der Waals surface area contributed by atoms with Gasteiger partial charge in [-0.25, -0.2) is 9.97 Å². The van der Waals surface area contributed by atoms with E-state index in [1.807, 2.05) is 18.2 Å². The van der Waals surface area contributed by atoms with Crippen molar-refractivity contribution in [2.75, 3.05) is 31.6 Å². The Labute approximate surface area is 190 Å². The summed E-state index contributed by atoms with van der Waals surface area (Å²) in [5.74, 6) is 1.58. The van der Waals surface area contributed by atoms with Crippen molar-refractivity contribution in [3.63, 3.8) is 0 Å². The zero-order valence-electron chi connectivity index (χ0n) is 19.1. The van der Waals surface area contributed by atoms with Crippen molar-refractivity contribution in [1.82, 2.24) is 24.8 Å². The van der Waals surface area contributed by atoms with Crippen LogP contribution in [0.1, 0.15) is 57.7 Å². The highest BCUT2D eigenvalue weighted by Crippen LogP contribution is 2.26. The molecule has 0 spiro atoms. The largest absolute Gasteiger partial charge is 0.369 e. The quantitative estimate of drug-likeness (QED) is 0.708. The number of amides is 1. The Hall–Kier alpha value is -2.58. The first-order valence-electron chi connectivity index (χ1n) is 11.8. The van der Waals surface area contributed by atoms with Crippen molar-refractivity contribution >= 4 is 17.5 Å². The van der Waals surface area contributed by atoms with Gasteiger partial charge in [0.05, 0.1) is 25.0 Å². The molecule has 0 aromatic carbocycles. The van der Waals surface area contributed by atoms with E-state index in [2.05, 4.69) is 38.9 Å². The number of ether oxygens (including phenoxy) is 1. The maximum Gasteiger partial charge on any atom is 0.237 e. The Balaban J connectivity index is 1.38. The maximum atomic E-state index is 13.3. The first-order chi connectivity index (χ1) is 15.6. The molecule has 1 saturated heterocycles. The smallest absolute Gasteiger partial charge is 0.237 e. The van der Waals surface area contributed by atoms with Gasteiger partial charge in [-0.1, -0.05) is 25.3 Å². The standard InChI is InChI=1S/C24H34N6O2/c1-18(2)30(19-7-4-3-5-8-19)24(31)17-29-13-14-32-21(16-29)20-9-6-10-22(27-20)28-23-15-25-11-12-26-23/h6,9-12,15,18-19,21H,3-5,7-8,13-14,16-17H2,1-2H3,(H,26,27,28). The lowest BCUT2D eigenvalue weighted by Gasteiger charge is -2.39. The second kappa shape index (κ2) is 10.8. The van der Waals surface area contributed by atoms with Gasteiger partial charge in [-0.3, -0.25) is 14.7 Å². The topological polar surface area (TPSA) is 83.5 Å². The molecule has 3 heterocycles. The van der Waals surface area contributed by atoms with E-state index < -0.39 is 0 Å². The number of aromatic nitrogens is 3. The third-order valence-electron chi connectivity index (χ3n) is 6.24. The summed E-state index contributed by atoms with van der Waals surface area (Å²) >= 11 is 0. The zero-order valence-corrected chi connectivity index (χ0v) is 19.1. The van der Waals surface area contributed by atoms with Crippen molar-refractivity contribution in [3.8, 4) is 0 Å². The minimum Gasteiger partial charge on any atom is -0.369 e. The average Bonchev–Trinajstić information content (AvgIpc) is 2.81. The van der Waals surface area contributed by atoms with Crippen molar-refractivity contribution in [2.24, 2.45) is 0 Å².